The van der Waals surface area contributed by atoms with Crippen molar-refractivity contribution in [2.75, 3.05) is 32.9 Å². The molecular formula is C24H28N6O5. The van der Waals surface area contributed by atoms with Gasteiger partial charge in [-0.25, -0.2) is 4.79 Å². The topological polar surface area (TPSA) is 181 Å². The van der Waals surface area contributed by atoms with E-state index in [1.54, 1.807) is 36.4 Å². The number of nitrogens with one attached hydrogen (secondary N) is 2. The molecule has 1 fully saturated rings. The van der Waals surface area contributed by atoms with Crippen LogP contribution in [0.15, 0.2) is 42.5 Å². The van der Waals surface area contributed by atoms with Crippen LogP contribution < -0.4 is 25.7 Å². The van der Waals surface area contributed by atoms with Crippen molar-refractivity contribution in [2.24, 2.45) is 11.5 Å². The minimum absolute atomic E-state index is 0.0200. The molecule has 11 nitrogen and oxygen atoms in total. The molecule has 0 spiro atoms. The lowest BCUT2D eigenvalue weighted by Crippen LogP contribution is -2.44. The van der Waals surface area contributed by atoms with Gasteiger partial charge in [-0.2, -0.15) is 5.26 Å². The SMILES string of the molecule is N#CCOc1ccc(C(=N)N)cc1OCCOC(=O)c1ccc(OC2CCN(C(=N)N)CC2)cc1. The lowest BCUT2D eigenvalue weighted by molar-refractivity contribution is 0.0449. The van der Waals surface area contributed by atoms with Crippen LogP contribution in [0.5, 0.6) is 17.2 Å². The van der Waals surface area contributed by atoms with Crippen LogP contribution in [0.3, 0.4) is 0 Å². The number of nitrogen functional groups attached to an aromatic ring is 1. The molecule has 6 N–H and O–H groups in total. The zero-order valence-corrected chi connectivity index (χ0v) is 19.2. The summed E-state index contributed by atoms with van der Waals surface area (Å²) in [6, 6.07) is 13.3. The first-order valence-electron chi connectivity index (χ1n) is 11.0. The number of hydrogen-bond donors (Lipinski definition) is 4. The van der Waals surface area contributed by atoms with Crippen LogP contribution in [0.4, 0.5) is 0 Å². The molecule has 35 heavy (non-hydrogen) atoms. The van der Waals surface area contributed by atoms with Gasteiger partial charge in [0.15, 0.2) is 24.1 Å². The number of ether oxygens (including phenoxy) is 4. The number of nitrogens with two attached hydrogens (primary N) is 2. The number of piperidine rings is 1. The number of carbonyl (C=O) groups excluding carboxylic acids is 1. The van der Waals surface area contributed by atoms with Gasteiger partial charge in [0.1, 0.15) is 37.0 Å². The van der Waals surface area contributed by atoms with Crippen molar-refractivity contribution >= 4 is 17.8 Å². The molecule has 0 atom stereocenters. The maximum absolute atomic E-state index is 12.3. The lowest BCUT2D eigenvalue weighted by atomic mass is 10.1. The van der Waals surface area contributed by atoms with E-state index in [1.165, 1.54) is 6.07 Å². The molecule has 2 aromatic carbocycles. The van der Waals surface area contributed by atoms with Crippen LogP contribution in [0.2, 0.25) is 0 Å². The number of benzene rings is 2. The molecule has 0 amide bonds. The van der Waals surface area contributed by atoms with Crippen molar-refractivity contribution in [1.29, 1.82) is 16.1 Å². The standard InChI is InChI=1S/C24H28N6O5/c25-9-12-32-20-6-3-17(22(26)27)15-21(20)33-13-14-34-23(31)16-1-4-18(5-2-16)35-19-7-10-30(11-8-19)24(28)29/h1-6,15,19H,7-8,10-14H2,(H3,26,27)(H3,28,29). The maximum Gasteiger partial charge on any atom is 0.338 e. The summed E-state index contributed by atoms with van der Waals surface area (Å²) in [6.45, 7) is 1.21. The van der Waals surface area contributed by atoms with E-state index in [0.717, 1.165) is 12.8 Å². The zero-order chi connectivity index (χ0) is 25.2. The highest BCUT2D eigenvalue weighted by Crippen LogP contribution is 2.28. The first kappa shape index (κ1) is 25.2. The average Bonchev–Trinajstić information content (AvgIpc) is 2.86. The lowest BCUT2D eigenvalue weighted by Gasteiger charge is -2.32. The van der Waals surface area contributed by atoms with Crippen molar-refractivity contribution in [2.45, 2.75) is 18.9 Å². The van der Waals surface area contributed by atoms with E-state index in [0.29, 0.717) is 41.5 Å². The average molecular weight is 481 g/mol. The Morgan fingerprint density at radius 2 is 1.69 bits per heavy atom. The fraction of sp³-hybridized carbons (Fsp3) is 0.333. The second-order valence-electron chi connectivity index (χ2n) is 7.72. The van der Waals surface area contributed by atoms with Crippen molar-refractivity contribution < 1.29 is 23.7 Å². The molecule has 11 heteroatoms. The highest BCUT2D eigenvalue weighted by atomic mass is 16.6. The third-order valence-corrected chi connectivity index (χ3v) is 5.30. The highest BCUT2D eigenvalue weighted by Gasteiger charge is 2.21. The molecule has 1 aliphatic rings. The molecule has 0 radical (unpaired) electrons. The van der Waals surface area contributed by atoms with E-state index in [-0.39, 0.29) is 37.7 Å². The molecule has 184 valence electrons. The molecule has 0 unspecified atom stereocenters. The van der Waals surface area contributed by atoms with E-state index in [2.05, 4.69) is 0 Å². The summed E-state index contributed by atoms with van der Waals surface area (Å²) in [5.41, 5.74) is 11.8. The van der Waals surface area contributed by atoms with Crippen molar-refractivity contribution in [1.82, 2.24) is 4.90 Å². The predicted molar refractivity (Wildman–Crippen MR) is 128 cm³/mol. The normalized spacial score (nSPS) is 13.4. The Balaban J connectivity index is 1.46. The van der Waals surface area contributed by atoms with Crippen molar-refractivity contribution in [3.8, 4) is 23.3 Å². The zero-order valence-electron chi connectivity index (χ0n) is 19.2. The summed E-state index contributed by atoms with van der Waals surface area (Å²) in [6.07, 6.45) is 1.56. The molecule has 1 heterocycles. The van der Waals surface area contributed by atoms with Crippen LogP contribution in [0, 0.1) is 22.1 Å². The van der Waals surface area contributed by atoms with E-state index in [9.17, 15) is 4.79 Å². The summed E-state index contributed by atoms with van der Waals surface area (Å²) in [5.74, 6) is 0.705. The minimum Gasteiger partial charge on any atom is -0.490 e. The van der Waals surface area contributed by atoms with Gasteiger partial charge in [-0.3, -0.25) is 10.8 Å². The number of hydrogen-bond acceptors (Lipinski definition) is 8. The Morgan fingerprint density at radius 1 is 1.00 bits per heavy atom. The van der Waals surface area contributed by atoms with Crippen LogP contribution in [0.1, 0.15) is 28.8 Å². The quantitative estimate of drug-likeness (QED) is 0.171. The second-order valence-corrected chi connectivity index (χ2v) is 7.72. The molecule has 3 rings (SSSR count). The monoisotopic (exact) mass is 480 g/mol. The summed E-state index contributed by atoms with van der Waals surface area (Å²) in [5, 5.41) is 23.8. The number of nitriles is 1. The Labute approximate surface area is 203 Å². The molecule has 0 bridgehead atoms. The van der Waals surface area contributed by atoms with Gasteiger partial charge >= 0.3 is 5.97 Å². The smallest absolute Gasteiger partial charge is 0.338 e. The van der Waals surface area contributed by atoms with Gasteiger partial charge in [0, 0.05) is 31.5 Å². The van der Waals surface area contributed by atoms with Crippen LogP contribution in [-0.2, 0) is 4.74 Å². The summed E-state index contributed by atoms with van der Waals surface area (Å²) in [7, 11) is 0. The van der Waals surface area contributed by atoms with Gasteiger partial charge in [0.25, 0.3) is 0 Å². The fourth-order valence-electron chi connectivity index (χ4n) is 3.46. The third kappa shape index (κ3) is 7.26. The number of carbonyl (C=O) groups is 1. The Hall–Kier alpha value is -4.46. The molecule has 0 saturated carbocycles. The number of nitrogens with zero attached hydrogens (tertiary/aromatic N) is 2. The van der Waals surface area contributed by atoms with Gasteiger partial charge < -0.3 is 35.3 Å². The van der Waals surface area contributed by atoms with Gasteiger partial charge in [-0.15, -0.1) is 0 Å². The third-order valence-electron chi connectivity index (χ3n) is 5.30. The van der Waals surface area contributed by atoms with Crippen LogP contribution in [-0.4, -0.2) is 61.7 Å². The highest BCUT2D eigenvalue weighted by molar-refractivity contribution is 5.95. The van der Waals surface area contributed by atoms with Crippen LogP contribution >= 0.6 is 0 Å². The van der Waals surface area contributed by atoms with Gasteiger partial charge in [-0.05, 0) is 42.5 Å². The first-order chi connectivity index (χ1) is 16.9. The summed E-state index contributed by atoms with van der Waals surface area (Å²) in [4.78, 5) is 14.2. The Morgan fingerprint density at radius 3 is 2.31 bits per heavy atom. The van der Waals surface area contributed by atoms with E-state index < -0.39 is 5.97 Å². The number of amidine groups is 1. The first-order valence-corrected chi connectivity index (χ1v) is 11.0. The van der Waals surface area contributed by atoms with Gasteiger partial charge in [-0.1, -0.05) is 0 Å². The number of esters is 1. The molecule has 0 aliphatic carbocycles. The molecule has 1 saturated heterocycles. The molecule has 2 aromatic rings. The number of rotatable bonds is 10. The largest absolute Gasteiger partial charge is 0.490 e. The number of likely N-dealkylation sites (tertiary alicyclic amines) is 1. The van der Waals surface area contributed by atoms with Crippen LogP contribution in [0.25, 0.3) is 0 Å². The van der Waals surface area contributed by atoms with Gasteiger partial charge in [0.2, 0.25) is 0 Å². The fourth-order valence-corrected chi connectivity index (χ4v) is 3.46. The molecule has 1 aliphatic heterocycles. The van der Waals surface area contributed by atoms with Crippen molar-refractivity contribution in [3.63, 3.8) is 0 Å². The molecular weight excluding hydrogens is 452 g/mol. The minimum atomic E-state index is -0.506. The summed E-state index contributed by atoms with van der Waals surface area (Å²) >= 11 is 0. The second kappa shape index (κ2) is 12.1. The maximum atomic E-state index is 12.3. The Kier molecular flexibility index (Phi) is 8.72. The summed E-state index contributed by atoms with van der Waals surface area (Å²) < 4.78 is 22.2. The number of guanidine groups is 1. The van der Waals surface area contributed by atoms with E-state index >= 15 is 0 Å². The predicted octanol–water partition coefficient (Wildman–Crippen LogP) is 1.85. The van der Waals surface area contributed by atoms with E-state index in [4.69, 9.17) is 46.5 Å². The Bertz CT molecular complexity index is 1090. The van der Waals surface area contributed by atoms with Crippen molar-refractivity contribution in [3.05, 3.63) is 53.6 Å². The van der Waals surface area contributed by atoms with E-state index in [1.807, 2.05) is 11.0 Å². The molecule has 0 aromatic heterocycles. The van der Waals surface area contributed by atoms with Gasteiger partial charge in [0.05, 0.1) is 5.56 Å².